The Balaban J connectivity index is 1.38. The second-order valence-electron chi connectivity index (χ2n) is 6.88. The number of likely N-dealkylation sites (tertiary alicyclic amines) is 1. The first-order chi connectivity index (χ1) is 13.1. The Bertz CT molecular complexity index is 899. The first-order valence-electron chi connectivity index (χ1n) is 9.11. The van der Waals surface area contributed by atoms with Crippen molar-refractivity contribution in [1.82, 2.24) is 25.2 Å². The molecule has 9 heteroatoms. The Morgan fingerprint density at radius 1 is 1.30 bits per heavy atom. The van der Waals surface area contributed by atoms with Crippen molar-refractivity contribution < 1.29 is 18.3 Å². The SMILES string of the molecule is CC(C)c1noc([C@@H]2CCCN2C(=O)CCc2nc(-c3ccco3)no2)n1. The normalized spacial score (nSPS) is 17.1. The van der Waals surface area contributed by atoms with Gasteiger partial charge in [0, 0.05) is 25.3 Å². The zero-order valence-corrected chi connectivity index (χ0v) is 15.3. The average Bonchev–Trinajstić information content (AvgIpc) is 3.46. The van der Waals surface area contributed by atoms with E-state index in [-0.39, 0.29) is 24.3 Å². The maximum Gasteiger partial charge on any atom is 0.249 e. The molecule has 3 aromatic heterocycles. The van der Waals surface area contributed by atoms with Gasteiger partial charge in [0.2, 0.25) is 23.5 Å². The Labute approximate surface area is 155 Å². The first-order valence-corrected chi connectivity index (χ1v) is 9.11. The number of furan rings is 1. The van der Waals surface area contributed by atoms with Crippen LogP contribution in [0.4, 0.5) is 0 Å². The lowest BCUT2D eigenvalue weighted by Crippen LogP contribution is -2.31. The first kappa shape index (κ1) is 17.4. The predicted molar refractivity (Wildman–Crippen MR) is 92.4 cm³/mol. The van der Waals surface area contributed by atoms with Gasteiger partial charge in [-0.05, 0) is 25.0 Å². The van der Waals surface area contributed by atoms with E-state index in [4.69, 9.17) is 13.5 Å². The molecule has 0 spiro atoms. The lowest BCUT2D eigenvalue weighted by molar-refractivity contribution is -0.132. The number of amides is 1. The Morgan fingerprint density at radius 3 is 2.93 bits per heavy atom. The molecule has 0 aromatic carbocycles. The molecule has 1 aliphatic rings. The van der Waals surface area contributed by atoms with Crippen LogP contribution in [-0.4, -0.2) is 37.6 Å². The molecule has 1 saturated heterocycles. The Morgan fingerprint density at radius 2 is 2.19 bits per heavy atom. The summed E-state index contributed by atoms with van der Waals surface area (Å²) in [5, 5.41) is 7.89. The van der Waals surface area contributed by atoms with E-state index in [2.05, 4.69) is 20.3 Å². The van der Waals surface area contributed by atoms with E-state index in [1.807, 2.05) is 13.8 Å². The van der Waals surface area contributed by atoms with Crippen LogP contribution in [0.5, 0.6) is 0 Å². The number of nitrogens with zero attached hydrogens (tertiary/aromatic N) is 5. The largest absolute Gasteiger partial charge is 0.461 e. The van der Waals surface area contributed by atoms with E-state index in [9.17, 15) is 4.79 Å². The van der Waals surface area contributed by atoms with Crippen molar-refractivity contribution in [2.45, 2.75) is 51.5 Å². The Kier molecular flexibility index (Phi) is 4.74. The van der Waals surface area contributed by atoms with Gasteiger partial charge in [0.1, 0.15) is 6.04 Å². The van der Waals surface area contributed by atoms with Gasteiger partial charge in [0.05, 0.1) is 6.26 Å². The fourth-order valence-corrected chi connectivity index (χ4v) is 3.16. The van der Waals surface area contributed by atoms with Crippen LogP contribution >= 0.6 is 0 Å². The second kappa shape index (κ2) is 7.34. The summed E-state index contributed by atoms with van der Waals surface area (Å²) in [6.45, 7) is 4.70. The molecule has 1 atom stereocenters. The Hall–Kier alpha value is -2.97. The highest BCUT2D eigenvalue weighted by molar-refractivity contribution is 5.77. The molecule has 0 aliphatic carbocycles. The molecule has 0 unspecified atom stereocenters. The molecule has 1 aliphatic heterocycles. The molecule has 0 bridgehead atoms. The summed E-state index contributed by atoms with van der Waals surface area (Å²) in [5.74, 6) is 2.71. The minimum absolute atomic E-state index is 0.0135. The molecular weight excluding hydrogens is 350 g/mol. The number of aromatic nitrogens is 4. The van der Waals surface area contributed by atoms with Gasteiger partial charge in [-0.2, -0.15) is 9.97 Å². The number of carbonyl (C=O) groups is 1. The maximum absolute atomic E-state index is 12.7. The molecule has 0 saturated carbocycles. The third kappa shape index (κ3) is 3.62. The predicted octanol–water partition coefficient (Wildman–Crippen LogP) is 3.13. The molecule has 1 fully saturated rings. The van der Waals surface area contributed by atoms with E-state index >= 15 is 0 Å². The molecule has 1 amide bonds. The number of hydrogen-bond donors (Lipinski definition) is 0. The highest BCUT2D eigenvalue weighted by atomic mass is 16.5. The van der Waals surface area contributed by atoms with Gasteiger partial charge in [-0.3, -0.25) is 4.79 Å². The molecular formula is C18H21N5O4. The van der Waals surface area contributed by atoms with Gasteiger partial charge in [-0.1, -0.05) is 24.2 Å². The standard InChI is InChI=1S/C18H21N5O4/c1-11(2)16-20-18(27-21-16)12-5-3-9-23(12)15(24)8-7-14-19-17(22-26-14)13-6-4-10-25-13/h4,6,10-12H,3,5,7-9H2,1-2H3/t12-/m0/s1. The van der Waals surface area contributed by atoms with Gasteiger partial charge in [-0.25, -0.2) is 0 Å². The smallest absolute Gasteiger partial charge is 0.249 e. The lowest BCUT2D eigenvalue weighted by Gasteiger charge is -2.21. The molecule has 27 heavy (non-hydrogen) atoms. The van der Waals surface area contributed by atoms with E-state index in [0.29, 0.717) is 42.2 Å². The van der Waals surface area contributed by atoms with Gasteiger partial charge in [-0.15, -0.1) is 0 Å². The summed E-state index contributed by atoms with van der Waals surface area (Å²) in [6, 6.07) is 3.36. The van der Waals surface area contributed by atoms with Gasteiger partial charge in [0.25, 0.3) is 0 Å². The van der Waals surface area contributed by atoms with Crippen molar-refractivity contribution in [2.75, 3.05) is 6.54 Å². The molecule has 0 radical (unpaired) electrons. The molecule has 142 valence electrons. The molecule has 4 rings (SSSR count). The third-order valence-electron chi connectivity index (χ3n) is 4.59. The van der Waals surface area contributed by atoms with Crippen LogP contribution in [0.25, 0.3) is 11.6 Å². The summed E-state index contributed by atoms with van der Waals surface area (Å²) < 4.78 is 15.8. The van der Waals surface area contributed by atoms with E-state index in [1.165, 1.54) is 0 Å². The van der Waals surface area contributed by atoms with Crippen molar-refractivity contribution in [3.63, 3.8) is 0 Å². The van der Waals surface area contributed by atoms with E-state index in [0.717, 1.165) is 12.8 Å². The second-order valence-corrected chi connectivity index (χ2v) is 6.88. The van der Waals surface area contributed by atoms with Crippen LogP contribution in [0, 0.1) is 0 Å². The van der Waals surface area contributed by atoms with E-state index < -0.39 is 0 Å². The lowest BCUT2D eigenvalue weighted by atomic mass is 10.2. The van der Waals surface area contributed by atoms with Crippen molar-refractivity contribution in [1.29, 1.82) is 0 Å². The zero-order valence-electron chi connectivity index (χ0n) is 15.3. The van der Waals surface area contributed by atoms with Crippen LogP contribution in [0.3, 0.4) is 0 Å². The van der Waals surface area contributed by atoms with Crippen molar-refractivity contribution >= 4 is 5.91 Å². The van der Waals surface area contributed by atoms with Gasteiger partial charge in [0.15, 0.2) is 11.6 Å². The van der Waals surface area contributed by atoms with Crippen LogP contribution in [0.15, 0.2) is 31.9 Å². The van der Waals surface area contributed by atoms with Crippen LogP contribution < -0.4 is 0 Å². The fourth-order valence-electron chi connectivity index (χ4n) is 3.16. The third-order valence-corrected chi connectivity index (χ3v) is 4.59. The number of aryl methyl sites for hydroxylation is 1. The quantitative estimate of drug-likeness (QED) is 0.650. The summed E-state index contributed by atoms with van der Waals surface area (Å²) in [4.78, 5) is 23.2. The monoisotopic (exact) mass is 371 g/mol. The fraction of sp³-hybridized carbons (Fsp3) is 0.500. The van der Waals surface area contributed by atoms with Crippen molar-refractivity contribution in [3.05, 3.63) is 36.0 Å². The summed E-state index contributed by atoms with van der Waals surface area (Å²) in [7, 11) is 0. The summed E-state index contributed by atoms with van der Waals surface area (Å²) in [6.07, 6.45) is 3.94. The molecule has 3 aromatic rings. The number of hydrogen-bond acceptors (Lipinski definition) is 8. The van der Waals surface area contributed by atoms with Crippen molar-refractivity contribution in [3.8, 4) is 11.6 Å². The number of carbonyl (C=O) groups excluding carboxylic acids is 1. The average molecular weight is 371 g/mol. The van der Waals surface area contributed by atoms with Gasteiger partial charge < -0.3 is 18.4 Å². The summed E-state index contributed by atoms with van der Waals surface area (Å²) >= 11 is 0. The summed E-state index contributed by atoms with van der Waals surface area (Å²) in [5.41, 5.74) is 0. The molecule has 9 nitrogen and oxygen atoms in total. The minimum Gasteiger partial charge on any atom is -0.461 e. The maximum atomic E-state index is 12.7. The van der Waals surface area contributed by atoms with Crippen LogP contribution in [0.2, 0.25) is 0 Å². The highest BCUT2D eigenvalue weighted by Crippen LogP contribution is 2.32. The minimum atomic E-state index is -0.154. The number of rotatable bonds is 6. The van der Waals surface area contributed by atoms with Crippen molar-refractivity contribution in [2.24, 2.45) is 0 Å². The topological polar surface area (TPSA) is 111 Å². The van der Waals surface area contributed by atoms with Crippen LogP contribution in [0.1, 0.15) is 62.7 Å². The highest BCUT2D eigenvalue weighted by Gasteiger charge is 2.34. The van der Waals surface area contributed by atoms with Gasteiger partial charge >= 0.3 is 0 Å². The van der Waals surface area contributed by atoms with E-state index in [1.54, 1.807) is 23.3 Å². The molecule has 4 heterocycles. The van der Waals surface area contributed by atoms with Crippen LogP contribution in [-0.2, 0) is 11.2 Å². The molecule has 0 N–H and O–H groups in total. The zero-order chi connectivity index (χ0) is 18.8.